The fourth-order valence-corrected chi connectivity index (χ4v) is 3.59. The topological polar surface area (TPSA) is 109 Å². The van der Waals surface area contributed by atoms with Gasteiger partial charge in [-0.05, 0) is 55.0 Å². The fourth-order valence-electron chi connectivity index (χ4n) is 3.59. The van der Waals surface area contributed by atoms with Gasteiger partial charge in [-0.15, -0.1) is 0 Å². The summed E-state index contributed by atoms with van der Waals surface area (Å²) in [6.07, 6.45) is 0.0108. The zero-order valence-corrected chi connectivity index (χ0v) is 19.7. The summed E-state index contributed by atoms with van der Waals surface area (Å²) in [6, 6.07) is 13.4. The van der Waals surface area contributed by atoms with Gasteiger partial charge in [0.15, 0.2) is 0 Å². The molecule has 0 aliphatic heterocycles. The van der Waals surface area contributed by atoms with E-state index in [9.17, 15) is 22.8 Å². The minimum absolute atomic E-state index is 0.0926. The lowest BCUT2D eigenvalue weighted by Crippen LogP contribution is -2.25. The quantitative estimate of drug-likeness (QED) is 0.331. The highest BCUT2D eigenvalue weighted by molar-refractivity contribution is 6.06. The summed E-state index contributed by atoms with van der Waals surface area (Å²) in [5, 5.41) is 7.52. The van der Waals surface area contributed by atoms with E-state index in [2.05, 4.69) is 30.9 Å². The Bertz CT molecular complexity index is 1460. The van der Waals surface area contributed by atoms with Crippen LogP contribution < -0.4 is 16.0 Å². The maximum atomic E-state index is 13.8. The number of alkyl halides is 3. The predicted molar refractivity (Wildman–Crippen MR) is 133 cm³/mol. The van der Waals surface area contributed by atoms with Crippen LogP contribution in [-0.2, 0) is 6.18 Å². The van der Waals surface area contributed by atoms with Crippen LogP contribution in [-0.4, -0.2) is 33.8 Å². The number of carbonyl (C=O) groups is 2. The van der Waals surface area contributed by atoms with E-state index >= 15 is 0 Å². The SMILES string of the molecule is CNC(=O)c1cccc(NC(=O)c2ccc(C)c(Nc3nccc(-c4cccnc4)n3)c2)c1C(F)(F)F. The third-order valence-electron chi connectivity index (χ3n) is 5.43. The molecule has 37 heavy (non-hydrogen) atoms. The Morgan fingerprint density at radius 2 is 1.73 bits per heavy atom. The van der Waals surface area contributed by atoms with Gasteiger partial charge in [-0.3, -0.25) is 14.6 Å². The zero-order chi connectivity index (χ0) is 26.6. The Labute approximate surface area is 210 Å². The number of hydrogen-bond acceptors (Lipinski definition) is 6. The molecule has 0 saturated heterocycles. The molecule has 4 aromatic rings. The number of amides is 2. The Balaban J connectivity index is 1.62. The molecule has 0 aliphatic carbocycles. The monoisotopic (exact) mass is 506 g/mol. The maximum absolute atomic E-state index is 13.8. The van der Waals surface area contributed by atoms with Crippen LogP contribution in [0.15, 0.2) is 73.2 Å². The summed E-state index contributed by atoms with van der Waals surface area (Å²) in [5.74, 6) is -1.44. The molecule has 0 radical (unpaired) electrons. The molecule has 2 aromatic carbocycles. The van der Waals surface area contributed by atoms with Gasteiger partial charge in [-0.25, -0.2) is 9.97 Å². The van der Waals surface area contributed by atoms with E-state index in [1.807, 2.05) is 6.07 Å². The van der Waals surface area contributed by atoms with E-state index < -0.39 is 34.8 Å². The largest absolute Gasteiger partial charge is 0.419 e. The molecule has 2 aromatic heterocycles. The average molecular weight is 506 g/mol. The standard InChI is InChI=1S/C26H21F3N6O2/c1-15-8-9-16(13-21(15)35-25-32-12-10-19(34-25)17-5-4-11-31-14-17)23(36)33-20-7-3-6-18(24(37)30-2)22(20)26(27,28)29/h3-14H,1-2H3,(H,30,37)(H,33,36)(H,32,34,35). The number of benzene rings is 2. The molecule has 2 heterocycles. The molecule has 0 fully saturated rings. The first-order chi connectivity index (χ1) is 17.7. The lowest BCUT2D eigenvalue weighted by molar-refractivity contribution is -0.137. The van der Waals surface area contributed by atoms with Crippen LogP contribution in [0.2, 0.25) is 0 Å². The molecule has 0 saturated carbocycles. The average Bonchev–Trinajstić information content (AvgIpc) is 2.89. The normalized spacial score (nSPS) is 11.1. The lowest BCUT2D eigenvalue weighted by atomic mass is 10.0. The number of aromatic nitrogens is 3. The zero-order valence-electron chi connectivity index (χ0n) is 19.7. The molecule has 11 heteroatoms. The summed E-state index contributed by atoms with van der Waals surface area (Å²) in [6.45, 7) is 1.80. The Morgan fingerprint density at radius 3 is 2.43 bits per heavy atom. The van der Waals surface area contributed by atoms with E-state index in [0.29, 0.717) is 11.4 Å². The van der Waals surface area contributed by atoms with E-state index in [1.165, 1.54) is 25.2 Å². The van der Waals surface area contributed by atoms with Crippen LogP contribution in [0.25, 0.3) is 11.3 Å². The van der Waals surface area contributed by atoms with Gasteiger partial charge in [0.2, 0.25) is 5.95 Å². The van der Waals surface area contributed by atoms with Crippen molar-refractivity contribution in [1.82, 2.24) is 20.3 Å². The molecule has 8 nitrogen and oxygen atoms in total. The number of aryl methyl sites for hydroxylation is 1. The summed E-state index contributed by atoms with van der Waals surface area (Å²) < 4.78 is 41.4. The van der Waals surface area contributed by atoms with Crippen molar-refractivity contribution in [2.75, 3.05) is 17.7 Å². The molecule has 0 atom stereocenters. The second-order valence-corrected chi connectivity index (χ2v) is 7.92. The smallest absolute Gasteiger partial charge is 0.355 e. The number of nitrogens with one attached hydrogen (secondary N) is 3. The van der Waals surface area contributed by atoms with Crippen LogP contribution in [0.5, 0.6) is 0 Å². The van der Waals surface area contributed by atoms with E-state index in [0.717, 1.165) is 23.3 Å². The lowest BCUT2D eigenvalue weighted by Gasteiger charge is -2.17. The number of rotatable bonds is 6. The van der Waals surface area contributed by atoms with Crippen LogP contribution in [0.4, 0.5) is 30.5 Å². The van der Waals surface area contributed by atoms with Crippen molar-refractivity contribution in [3.8, 4) is 11.3 Å². The highest BCUT2D eigenvalue weighted by Gasteiger charge is 2.38. The molecule has 3 N–H and O–H groups in total. The van der Waals surface area contributed by atoms with Gasteiger partial charge in [0, 0.05) is 42.5 Å². The van der Waals surface area contributed by atoms with Gasteiger partial charge in [-0.2, -0.15) is 13.2 Å². The molecule has 4 rings (SSSR count). The first-order valence-corrected chi connectivity index (χ1v) is 11.0. The summed E-state index contributed by atoms with van der Waals surface area (Å²) >= 11 is 0. The van der Waals surface area contributed by atoms with Crippen molar-refractivity contribution < 1.29 is 22.8 Å². The van der Waals surface area contributed by atoms with E-state index in [4.69, 9.17) is 0 Å². The fraction of sp³-hybridized carbons (Fsp3) is 0.115. The minimum Gasteiger partial charge on any atom is -0.355 e. The molecule has 188 valence electrons. The first-order valence-electron chi connectivity index (χ1n) is 11.0. The number of carbonyl (C=O) groups excluding carboxylic acids is 2. The minimum atomic E-state index is -4.87. The summed E-state index contributed by atoms with van der Waals surface area (Å²) in [7, 11) is 1.23. The number of hydrogen-bond donors (Lipinski definition) is 3. The van der Waals surface area contributed by atoms with Crippen molar-refractivity contribution in [1.29, 1.82) is 0 Å². The summed E-state index contributed by atoms with van der Waals surface area (Å²) in [5.41, 5.74) is 0.412. The van der Waals surface area contributed by atoms with Crippen molar-refractivity contribution in [2.24, 2.45) is 0 Å². The molecule has 0 bridgehead atoms. The highest BCUT2D eigenvalue weighted by atomic mass is 19.4. The highest BCUT2D eigenvalue weighted by Crippen LogP contribution is 2.38. The van der Waals surface area contributed by atoms with Gasteiger partial charge < -0.3 is 16.0 Å². The third kappa shape index (κ3) is 5.72. The first kappa shape index (κ1) is 25.3. The van der Waals surface area contributed by atoms with Crippen LogP contribution in [0, 0.1) is 6.92 Å². The number of nitrogens with zero attached hydrogens (tertiary/aromatic N) is 3. The molecular weight excluding hydrogens is 485 g/mol. The van der Waals surface area contributed by atoms with Crippen LogP contribution >= 0.6 is 0 Å². The Hall–Kier alpha value is -4.80. The predicted octanol–water partition coefficient (Wildman–Crippen LogP) is 5.22. The van der Waals surface area contributed by atoms with Crippen molar-refractivity contribution >= 4 is 29.1 Å². The van der Waals surface area contributed by atoms with Crippen LogP contribution in [0.1, 0.15) is 31.8 Å². The van der Waals surface area contributed by atoms with Crippen LogP contribution in [0.3, 0.4) is 0 Å². The van der Waals surface area contributed by atoms with Gasteiger partial charge in [-0.1, -0.05) is 12.1 Å². The Kier molecular flexibility index (Phi) is 7.14. The molecule has 2 amide bonds. The Morgan fingerprint density at radius 1 is 0.919 bits per heavy atom. The van der Waals surface area contributed by atoms with E-state index in [-0.39, 0.29) is 11.5 Å². The molecule has 0 aliphatic rings. The van der Waals surface area contributed by atoms with Gasteiger partial charge in [0.05, 0.1) is 22.5 Å². The van der Waals surface area contributed by atoms with E-state index in [1.54, 1.807) is 43.7 Å². The maximum Gasteiger partial charge on any atom is 0.419 e. The second-order valence-electron chi connectivity index (χ2n) is 7.92. The van der Waals surface area contributed by atoms with Gasteiger partial charge >= 0.3 is 6.18 Å². The molecule has 0 spiro atoms. The molecule has 0 unspecified atom stereocenters. The van der Waals surface area contributed by atoms with Gasteiger partial charge in [0.25, 0.3) is 11.8 Å². The molecular formula is C26H21F3N6O2. The summed E-state index contributed by atoms with van der Waals surface area (Å²) in [4.78, 5) is 37.7. The number of pyridine rings is 1. The second kappa shape index (κ2) is 10.4. The number of anilines is 3. The van der Waals surface area contributed by atoms with Gasteiger partial charge in [0.1, 0.15) is 0 Å². The number of halogens is 3. The van der Waals surface area contributed by atoms with Crippen molar-refractivity contribution in [2.45, 2.75) is 13.1 Å². The van der Waals surface area contributed by atoms with Crippen molar-refractivity contribution in [3.63, 3.8) is 0 Å². The third-order valence-corrected chi connectivity index (χ3v) is 5.43. The van der Waals surface area contributed by atoms with Crippen molar-refractivity contribution in [3.05, 3.63) is 95.4 Å².